The van der Waals surface area contributed by atoms with E-state index in [0.717, 1.165) is 0 Å². The number of hydrogen-bond acceptors (Lipinski definition) is 3. The summed E-state index contributed by atoms with van der Waals surface area (Å²) in [5, 5.41) is 10.5. The molecule has 1 heterocycles. The SMILES string of the molecule is Cc1cnc(C(F)F)c([N+](=O)[O-])c1Br. The topological polar surface area (TPSA) is 56.0 Å². The summed E-state index contributed by atoms with van der Waals surface area (Å²) in [6.07, 6.45) is -1.79. The van der Waals surface area contributed by atoms with Gasteiger partial charge in [0.05, 0.1) is 4.92 Å². The second-order valence-electron chi connectivity index (χ2n) is 2.55. The minimum Gasteiger partial charge on any atom is -0.258 e. The molecule has 0 aliphatic heterocycles. The van der Waals surface area contributed by atoms with E-state index in [1.165, 1.54) is 6.20 Å². The first-order chi connectivity index (χ1) is 6.45. The molecule has 1 aromatic rings. The maximum Gasteiger partial charge on any atom is 0.310 e. The third-order valence-corrected chi connectivity index (χ3v) is 2.58. The Morgan fingerprint density at radius 1 is 1.64 bits per heavy atom. The molecule has 0 fully saturated rings. The second-order valence-corrected chi connectivity index (χ2v) is 3.34. The maximum atomic E-state index is 12.3. The maximum absolute atomic E-state index is 12.3. The van der Waals surface area contributed by atoms with E-state index >= 15 is 0 Å². The molecule has 0 atom stereocenters. The molecular formula is C7H5BrF2N2O2. The highest BCUT2D eigenvalue weighted by Crippen LogP contribution is 2.34. The minimum absolute atomic E-state index is 0.0489. The number of alkyl halides is 2. The lowest BCUT2D eigenvalue weighted by Gasteiger charge is -2.04. The van der Waals surface area contributed by atoms with Crippen molar-refractivity contribution in [3.8, 4) is 0 Å². The molecule has 0 bridgehead atoms. The molecule has 4 nitrogen and oxygen atoms in total. The molecule has 0 aliphatic carbocycles. The summed E-state index contributed by atoms with van der Waals surface area (Å²) in [6, 6.07) is 0. The normalized spacial score (nSPS) is 10.6. The molecule has 0 saturated heterocycles. The van der Waals surface area contributed by atoms with E-state index < -0.39 is 22.7 Å². The van der Waals surface area contributed by atoms with Gasteiger partial charge in [0.2, 0.25) is 0 Å². The van der Waals surface area contributed by atoms with E-state index in [2.05, 4.69) is 20.9 Å². The van der Waals surface area contributed by atoms with Crippen molar-refractivity contribution in [2.45, 2.75) is 13.3 Å². The van der Waals surface area contributed by atoms with Crippen LogP contribution in [0.15, 0.2) is 10.7 Å². The molecule has 0 aliphatic rings. The van der Waals surface area contributed by atoms with E-state index in [1.807, 2.05) is 0 Å². The lowest BCUT2D eigenvalue weighted by Crippen LogP contribution is -2.01. The van der Waals surface area contributed by atoms with Gasteiger partial charge in [-0.15, -0.1) is 0 Å². The summed E-state index contributed by atoms with van der Waals surface area (Å²) < 4.78 is 24.7. The second kappa shape index (κ2) is 3.95. The standard InChI is InChI=1S/C7H5BrF2N2O2/c1-3-2-11-5(7(9)10)6(4(3)8)12(13)14/h2,7H,1H3. The van der Waals surface area contributed by atoms with E-state index in [-0.39, 0.29) is 4.47 Å². The Morgan fingerprint density at radius 3 is 2.64 bits per heavy atom. The third-order valence-electron chi connectivity index (χ3n) is 1.58. The van der Waals surface area contributed by atoms with E-state index in [0.29, 0.717) is 5.56 Å². The molecule has 14 heavy (non-hydrogen) atoms. The van der Waals surface area contributed by atoms with E-state index in [4.69, 9.17) is 0 Å². The quantitative estimate of drug-likeness (QED) is 0.611. The zero-order valence-electron chi connectivity index (χ0n) is 7.00. The van der Waals surface area contributed by atoms with Crippen LogP contribution >= 0.6 is 15.9 Å². The number of hydrogen-bond donors (Lipinski definition) is 0. The fourth-order valence-corrected chi connectivity index (χ4v) is 1.37. The van der Waals surface area contributed by atoms with Crippen molar-refractivity contribution >= 4 is 21.6 Å². The summed E-state index contributed by atoms with van der Waals surface area (Å²) in [7, 11) is 0. The van der Waals surface area contributed by atoms with Crippen LogP contribution in [0.3, 0.4) is 0 Å². The Balaban J connectivity index is 3.45. The van der Waals surface area contributed by atoms with Crippen molar-refractivity contribution in [3.05, 3.63) is 32.0 Å². The van der Waals surface area contributed by atoms with Gasteiger partial charge in [0.25, 0.3) is 6.43 Å². The van der Waals surface area contributed by atoms with Crippen LogP contribution in [-0.2, 0) is 0 Å². The van der Waals surface area contributed by atoms with Crippen molar-refractivity contribution in [2.75, 3.05) is 0 Å². The number of halogens is 3. The molecule has 76 valence electrons. The number of nitrogens with zero attached hydrogens (tertiary/aromatic N) is 2. The number of aromatic nitrogens is 1. The summed E-state index contributed by atoms with van der Waals surface area (Å²) in [5.41, 5.74) is -1.03. The molecule has 1 aromatic heterocycles. The molecule has 0 saturated carbocycles. The minimum atomic E-state index is -2.95. The largest absolute Gasteiger partial charge is 0.310 e. The predicted molar refractivity (Wildman–Crippen MR) is 48.3 cm³/mol. The Hall–Kier alpha value is -1.11. The van der Waals surface area contributed by atoms with E-state index in [1.54, 1.807) is 6.92 Å². The van der Waals surface area contributed by atoms with Gasteiger partial charge in [0, 0.05) is 6.20 Å². The van der Waals surface area contributed by atoms with Crippen molar-refractivity contribution in [1.29, 1.82) is 0 Å². The number of nitro groups is 1. The van der Waals surface area contributed by atoms with Crippen LogP contribution in [0, 0.1) is 17.0 Å². The highest BCUT2D eigenvalue weighted by Gasteiger charge is 2.27. The molecule has 7 heteroatoms. The Bertz CT molecular complexity index is 384. The van der Waals surface area contributed by atoms with Crippen molar-refractivity contribution in [3.63, 3.8) is 0 Å². The monoisotopic (exact) mass is 266 g/mol. The molecule has 0 aromatic carbocycles. The van der Waals surface area contributed by atoms with Crippen LogP contribution in [0.25, 0.3) is 0 Å². The van der Waals surface area contributed by atoms with Gasteiger partial charge in [-0.25, -0.2) is 13.8 Å². The number of pyridine rings is 1. The van der Waals surface area contributed by atoms with Gasteiger partial charge in [-0.1, -0.05) is 0 Å². The van der Waals surface area contributed by atoms with Gasteiger partial charge >= 0.3 is 5.69 Å². The molecule has 0 unspecified atom stereocenters. The van der Waals surface area contributed by atoms with Crippen molar-refractivity contribution in [2.24, 2.45) is 0 Å². The van der Waals surface area contributed by atoms with Gasteiger partial charge in [0.1, 0.15) is 4.47 Å². The smallest absolute Gasteiger partial charge is 0.258 e. The first-order valence-corrected chi connectivity index (χ1v) is 4.32. The first-order valence-electron chi connectivity index (χ1n) is 3.52. The summed E-state index contributed by atoms with van der Waals surface area (Å²) >= 11 is 2.88. The van der Waals surface area contributed by atoms with E-state index in [9.17, 15) is 18.9 Å². The number of rotatable bonds is 2. The molecule has 0 amide bonds. The average molecular weight is 267 g/mol. The highest BCUT2D eigenvalue weighted by molar-refractivity contribution is 9.10. The zero-order chi connectivity index (χ0) is 10.9. The Kier molecular flexibility index (Phi) is 3.10. The fraction of sp³-hybridized carbons (Fsp3) is 0.286. The molecular weight excluding hydrogens is 262 g/mol. The first kappa shape index (κ1) is 11.0. The van der Waals surface area contributed by atoms with Gasteiger partial charge in [-0.2, -0.15) is 0 Å². The Morgan fingerprint density at radius 2 is 2.21 bits per heavy atom. The lowest BCUT2D eigenvalue weighted by molar-refractivity contribution is -0.387. The van der Waals surface area contributed by atoms with Crippen LogP contribution in [0.1, 0.15) is 17.7 Å². The van der Waals surface area contributed by atoms with Crippen LogP contribution in [0.2, 0.25) is 0 Å². The van der Waals surface area contributed by atoms with Gasteiger partial charge < -0.3 is 0 Å². The summed E-state index contributed by atoms with van der Waals surface area (Å²) in [5.74, 6) is 0. The van der Waals surface area contributed by atoms with Crippen LogP contribution in [0.4, 0.5) is 14.5 Å². The molecule has 0 radical (unpaired) electrons. The van der Waals surface area contributed by atoms with Gasteiger partial charge in [0.15, 0.2) is 5.69 Å². The molecule has 0 N–H and O–H groups in total. The van der Waals surface area contributed by atoms with Crippen molar-refractivity contribution in [1.82, 2.24) is 4.98 Å². The molecule has 1 rings (SSSR count). The van der Waals surface area contributed by atoms with Gasteiger partial charge in [-0.05, 0) is 28.4 Å². The van der Waals surface area contributed by atoms with Crippen LogP contribution < -0.4 is 0 Å². The van der Waals surface area contributed by atoms with Crippen LogP contribution in [-0.4, -0.2) is 9.91 Å². The molecule has 0 spiro atoms. The van der Waals surface area contributed by atoms with Gasteiger partial charge in [-0.3, -0.25) is 10.1 Å². The lowest BCUT2D eigenvalue weighted by atomic mass is 10.2. The average Bonchev–Trinajstić information content (AvgIpc) is 2.08. The fourth-order valence-electron chi connectivity index (χ4n) is 0.917. The third kappa shape index (κ3) is 1.87. The number of aryl methyl sites for hydroxylation is 1. The predicted octanol–water partition coefficient (Wildman–Crippen LogP) is 3.00. The van der Waals surface area contributed by atoms with Crippen LogP contribution in [0.5, 0.6) is 0 Å². The van der Waals surface area contributed by atoms with Crippen molar-refractivity contribution < 1.29 is 13.7 Å². The summed E-state index contributed by atoms with van der Waals surface area (Å²) in [4.78, 5) is 13.0. The Labute approximate surface area is 86.2 Å². The highest BCUT2D eigenvalue weighted by atomic mass is 79.9. The summed E-state index contributed by atoms with van der Waals surface area (Å²) in [6.45, 7) is 1.54. The zero-order valence-corrected chi connectivity index (χ0v) is 8.59.